The fourth-order valence-electron chi connectivity index (χ4n) is 3.98. The van der Waals surface area contributed by atoms with Crippen LogP contribution in [-0.2, 0) is 6.61 Å². The van der Waals surface area contributed by atoms with Crippen molar-refractivity contribution in [3.05, 3.63) is 83.4 Å². The van der Waals surface area contributed by atoms with Crippen LogP contribution in [0.3, 0.4) is 0 Å². The summed E-state index contributed by atoms with van der Waals surface area (Å²) in [5, 5.41) is 0. The van der Waals surface area contributed by atoms with Crippen LogP contribution < -0.4 is 14.4 Å². The van der Waals surface area contributed by atoms with Crippen molar-refractivity contribution >= 4 is 17.4 Å². The molecule has 3 aromatic rings. The molecule has 8 heteroatoms. The summed E-state index contributed by atoms with van der Waals surface area (Å²) < 4.78 is 26.2. The predicted molar refractivity (Wildman–Crippen MR) is 131 cm³/mol. The molecule has 0 radical (unpaired) electrons. The fraction of sp³-hybridized carbons (Fsp3) is 0.296. The number of piperazine rings is 1. The van der Waals surface area contributed by atoms with Crippen LogP contribution >= 0.6 is 0 Å². The van der Waals surface area contributed by atoms with E-state index in [-0.39, 0.29) is 11.7 Å². The number of rotatable bonds is 8. The number of amides is 1. The normalized spacial score (nSPS) is 13.5. The van der Waals surface area contributed by atoms with Crippen LogP contribution in [0.2, 0.25) is 0 Å². The summed E-state index contributed by atoms with van der Waals surface area (Å²) >= 11 is 0. The highest BCUT2D eigenvalue weighted by atomic mass is 19.1. The van der Waals surface area contributed by atoms with E-state index < -0.39 is 5.82 Å². The van der Waals surface area contributed by atoms with Crippen molar-refractivity contribution in [1.82, 2.24) is 9.88 Å². The van der Waals surface area contributed by atoms with E-state index in [1.165, 1.54) is 13.0 Å². The molecule has 1 saturated heterocycles. The summed E-state index contributed by atoms with van der Waals surface area (Å²) in [7, 11) is 0. The zero-order valence-corrected chi connectivity index (χ0v) is 19.9. The average Bonchev–Trinajstić information content (AvgIpc) is 2.88. The van der Waals surface area contributed by atoms with Gasteiger partial charge in [-0.3, -0.25) is 14.6 Å². The molecule has 1 fully saturated rings. The zero-order valence-electron chi connectivity index (χ0n) is 19.9. The first-order valence-corrected chi connectivity index (χ1v) is 11.6. The molecule has 0 saturated carbocycles. The zero-order chi connectivity index (χ0) is 24.8. The Hall–Kier alpha value is -3.94. The molecule has 1 amide bonds. The summed E-state index contributed by atoms with van der Waals surface area (Å²) in [5.74, 6) is 0.360. The number of hydrogen-bond acceptors (Lipinski definition) is 6. The van der Waals surface area contributed by atoms with Crippen molar-refractivity contribution in [3.63, 3.8) is 0 Å². The smallest absolute Gasteiger partial charge is 0.254 e. The van der Waals surface area contributed by atoms with Gasteiger partial charge in [0.05, 0.1) is 12.3 Å². The van der Waals surface area contributed by atoms with Crippen molar-refractivity contribution in [2.45, 2.75) is 20.5 Å². The molecule has 1 aliphatic rings. The Balaban J connectivity index is 1.41. The first-order valence-electron chi connectivity index (χ1n) is 11.6. The van der Waals surface area contributed by atoms with Crippen molar-refractivity contribution in [2.24, 2.45) is 0 Å². The van der Waals surface area contributed by atoms with Crippen molar-refractivity contribution in [1.29, 1.82) is 0 Å². The molecule has 35 heavy (non-hydrogen) atoms. The third-order valence-corrected chi connectivity index (χ3v) is 5.90. The van der Waals surface area contributed by atoms with E-state index in [1.54, 1.807) is 47.6 Å². The number of pyridine rings is 1. The van der Waals surface area contributed by atoms with Gasteiger partial charge in [-0.25, -0.2) is 4.39 Å². The Bertz CT molecular complexity index is 1190. The van der Waals surface area contributed by atoms with Crippen molar-refractivity contribution in [2.75, 3.05) is 37.7 Å². The Morgan fingerprint density at radius 1 is 0.914 bits per heavy atom. The average molecular weight is 478 g/mol. The number of hydrogen-bond donors (Lipinski definition) is 0. The Labute approximate surface area is 204 Å². The highest BCUT2D eigenvalue weighted by Gasteiger charge is 2.25. The van der Waals surface area contributed by atoms with Crippen LogP contribution in [0.4, 0.5) is 10.1 Å². The molecular formula is C27H28FN3O4. The second-order valence-electron chi connectivity index (χ2n) is 8.24. The lowest BCUT2D eigenvalue weighted by molar-refractivity contribution is 0.0745. The Kier molecular flexibility index (Phi) is 7.60. The van der Waals surface area contributed by atoms with Gasteiger partial charge in [0.2, 0.25) is 0 Å². The number of aromatic nitrogens is 1. The second kappa shape index (κ2) is 11.0. The first-order chi connectivity index (χ1) is 17.0. The molecule has 0 unspecified atom stereocenters. The minimum atomic E-state index is -0.429. The van der Waals surface area contributed by atoms with E-state index in [9.17, 15) is 14.0 Å². The van der Waals surface area contributed by atoms with Crippen LogP contribution in [0, 0.1) is 5.82 Å². The monoisotopic (exact) mass is 477 g/mol. The predicted octanol–water partition coefficient (Wildman–Crippen LogP) is 4.36. The van der Waals surface area contributed by atoms with Crippen LogP contribution in [0.1, 0.15) is 40.1 Å². The molecule has 4 rings (SSSR count). The molecular weight excluding hydrogens is 449 g/mol. The van der Waals surface area contributed by atoms with E-state index in [0.717, 1.165) is 5.56 Å². The number of carbonyl (C=O) groups is 2. The third-order valence-electron chi connectivity index (χ3n) is 5.90. The molecule has 0 atom stereocenters. The fourth-order valence-corrected chi connectivity index (χ4v) is 3.98. The number of carbonyl (C=O) groups excluding carboxylic acids is 2. The quantitative estimate of drug-likeness (QED) is 0.449. The summed E-state index contributed by atoms with van der Waals surface area (Å²) in [6.45, 7) is 5.99. The molecule has 0 aliphatic carbocycles. The SMILES string of the molecule is CCOc1cc(C(=O)N2CCN(c3ccc(C(C)=O)cc3F)CC2)ccc1OCc1ccncc1. The highest BCUT2D eigenvalue weighted by molar-refractivity contribution is 5.95. The molecule has 182 valence electrons. The second-order valence-corrected chi connectivity index (χ2v) is 8.24. The third kappa shape index (κ3) is 5.77. The Morgan fingerprint density at radius 2 is 1.63 bits per heavy atom. The molecule has 0 N–H and O–H groups in total. The molecule has 1 aliphatic heterocycles. The maximum absolute atomic E-state index is 14.5. The van der Waals surface area contributed by atoms with Crippen molar-refractivity contribution < 1.29 is 23.5 Å². The van der Waals surface area contributed by atoms with Crippen LogP contribution in [-0.4, -0.2) is 54.4 Å². The van der Waals surface area contributed by atoms with Crippen LogP contribution in [0.5, 0.6) is 11.5 Å². The number of halogens is 1. The molecule has 0 spiro atoms. The lowest BCUT2D eigenvalue weighted by atomic mass is 10.1. The van der Waals surface area contributed by atoms with E-state index in [2.05, 4.69) is 4.98 Å². The number of ketones is 1. The molecule has 1 aromatic heterocycles. The minimum absolute atomic E-state index is 0.112. The number of nitrogens with zero attached hydrogens (tertiary/aromatic N) is 3. The highest BCUT2D eigenvalue weighted by Crippen LogP contribution is 2.30. The van der Waals surface area contributed by atoms with Gasteiger partial charge in [0.1, 0.15) is 12.4 Å². The van der Waals surface area contributed by atoms with Crippen molar-refractivity contribution in [3.8, 4) is 11.5 Å². The standard InChI is InChI=1S/C27H28FN3O4/c1-3-34-26-17-22(5-7-25(26)35-18-20-8-10-29-11-9-20)27(33)31-14-12-30(13-15-31)24-6-4-21(19(2)32)16-23(24)28/h4-11,16-17H,3,12-15,18H2,1-2H3. The van der Waals surface area contributed by atoms with Gasteiger partial charge in [0, 0.05) is 49.7 Å². The summed E-state index contributed by atoms with van der Waals surface area (Å²) in [6.07, 6.45) is 3.42. The van der Waals surface area contributed by atoms with Gasteiger partial charge in [-0.15, -0.1) is 0 Å². The molecule has 2 aromatic carbocycles. The van der Waals surface area contributed by atoms with E-state index >= 15 is 0 Å². The molecule has 2 heterocycles. The number of benzene rings is 2. The van der Waals surface area contributed by atoms with Gasteiger partial charge in [-0.05, 0) is 67.9 Å². The van der Waals surface area contributed by atoms with Gasteiger partial charge < -0.3 is 19.3 Å². The van der Waals surface area contributed by atoms with Gasteiger partial charge in [-0.1, -0.05) is 0 Å². The minimum Gasteiger partial charge on any atom is -0.490 e. The van der Waals surface area contributed by atoms with E-state index in [4.69, 9.17) is 9.47 Å². The molecule has 0 bridgehead atoms. The van der Waals surface area contributed by atoms with Crippen LogP contribution in [0.15, 0.2) is 60.9 Å². The van der Waals surface area contributed by atoms with Gasteiger partial charge in [0.25, 0.3) is 5.91 Å². The Morgan fingerprint density at radius 3 is 2.29 bits per heavy atom. The van der Waals surface area contributed by atoms with E-state index in [0.29, 0.717) is 67.7 Å². The van der Waals surface area contributed by atoms with Gasteiger partial charge in [0.15, 0.2) is 17.3 Å². The molecule has 7 nitrogen and oxygen atoms in total. The summed E-state index contributed by atoms with van der Waals surface area (Å²) in [5.41, 5.74) is 2.28. The number of Topliss-reactive ketones (excluding diaryl/α,β-unsaturated/α-hetero) is 1. The number of ether oxygens (including phenoxy) is 2. The maximum atomic E-state index is 14.5. The first kappa shape index (κ1) is 24.2. The largest absolute Gasteiger partial charge is 0.490 e. The number of anilines is 1. The topological polar surface area (TPSA) is 72.0 Å². The van der Waals surface area contributed by atoms with Gasteiger partial charge >= 0.3 is 0 Å². The maximum Gasteiger partial charge on any atom is 0.254 e. The van der Waals surface area contributed by atoms with Gasteiger partial charge in [-0.2, -0.15) is 0 Å². The lowest BCUT2D eigenvalue weighted by Crippen LogP contribution is -2.49. The van der Waals surface area contributed by atoms with Crippen LogP contribution in [0.25, 0.3) is 0 Å². The van der Waals surface area contributed by atoms with E-state index in [1.807, 2.05) is 24.0 Å². The summed E-state index contributed by atoms with van der Waals surface area (Å²) in [4.78, 5) is 32.3. The summed E-state index contributed by atoms with van der Waals surface area (Å²) in [6, 6.07) is 13.5. The lowest BCUT2D eigenvalue weighted by Gasteiger charge is -2.36.